The average molecular weight is 224 g/mol. The van der Waals surface area contributed by atoms with Gasteiger partial charge < -0.3 is 0 Å². The lowest BCUT2D eigenvalue weighted by Gasteiger charge is -2.09. The summed E-state index contributed by atoms with van der Waals surface area (Å²) in [4.78, 5) is 13.1. The van der Waals surface area contributed by atoms with Crippen LogP contribution in [0.2, 0.25) is 0 Å². The van der Waals surface area contributed by atoms with E-state index in [2.05, 4.69) is 19.6 Å². The molecule has 84 valence electrons. The van der Waals surface area contributed by atoms with Crippen LogP contribution < -0.4 is 0 Å². The normalized spacial score (nSPS) is 11.1. The van der Waals surface area contributed by atoms with E-state index in [1.165, 1.54) is 11.8 Å². The molecule has 0 saturated heterocycles. The molecule has 0 aromatic rings. The standard InChI is InChI=1S/C13H20OS/c1-7-8-10(4)12(6)15-13(9(2)3)11(5)14/h8H,6-7H2,1-5H3/b10-8-. The molecule has 0 fully saturated rings. The number of allylic oxidation sites excluding steroid dienone is 4. The van der Waals surface area contributed by atoms with Gasteiger partial charge in [0, 0.05) is 4.91 Å². The molecule has 0 bridgehead atoms. The summed E-state index contributed by atoms with van der Waals surface area (Å²) in [5.74, 6) is 0.116. The van der Waals surface area contributed by atoms with Crippen LogP contribution in [0.15, 0.2) is 33.6 Å². The van der Waals surface area contributed by atoms with Gasteiger partial charge in [0.25, 0.3) is 0 Å². The summed E-state index contributed by atoms with van der Waals surface area (Å²) in [5.41, 5.74) is 2.21. The van der Waals surface area contributed by atoms with Gasteiger partial charge in [0.15, 0.2) is 5.78 Å². The van der Waals surface area contributed by atoms with Gasteiger partial charge in [0.2, 0.25) is 0 Å². The fraction of sp³-hybridized carbons (Fsp3) is 0.462. The molecule has 0 aliphatic carbocycles. The summed E-state index contributed by atoms with van der Waals surface area (Å²) in [7, 11) is 0. The van der Waals surface area contributed by atoms with Gasteiger partial charge in [-0.1, -0.05) is 36.9 Å². The van der Waals surface area contributed by atoms with E-state index in [0.29, 0.717) is 0 Å². The molecule has 0 spiro atoms. The van der Waals surface area contributed by atoms with Crippen molar-refractivity contribution in [3.8, 4) is 0 Å². The van der Waals surface area contributed by atoms with Gasteiger partial charge >= 0.3 is 0 Å². The van der Waals surface area contributed by atoms with E-state index in [4.69, 9.17) is 0 Å². The van der Waals surface area contributed by atoms with E-state index in [1.54, 1.807) is 6.92 Å². The number of hydrogen-bond acceptors (Lipinski definition) is 2. The van der Waals surface area contributed by atoms with Crippen LogP contribution in [0.4, 0.5) is 0 Å². The Morgan fingerprint density at radius 2 is 1.80 bits per heavy atom. The highest BCUT2D eigenvalue weighted by atomic mass is 32.2. The molecule has 0 aliphatic rings. The van der Waals surface area contributed by atoms with Gasteiger partial charge in [-0.15, -0.1) is 0 Å². The lowest BCUT2D eigenvalue weighted by atomic mass is 10.2. The summed E-state index contributed by atoms with van der Waals surface area (Å²) in [6, 6.07) is 0. The van der Waals surface area contributed by atoms with Crippen LogP contribution in [0, 0.1) is 0 Å². The van der Waals surface area contributed by atoms with Crippen molar-refractivity contribution in [2.24, 2.45) is 0 Å². The Balaban J connectivity index is 4.74. The highest BCUT2D eigenvalue weighted by molar-refractivity contribution is 8.07. The minimum Gasteiger partial charge on any atom is -0.294 e. The van der Waals surface area contributed by atoms with Crippen LogP contribution in [-0.4, -0.2) is 5.78 Å². The Labute approximate surface area is 97.3 Å². The Morgan fingerprint density at radius 3 is 2.13 bits per heavy atom. The molecular weight excluding hydrogens is 204 g/mol. The summed E-state index contributed by atoms with van der Waals surface area (Å²) in [5, 5.41) is 0. The number of carbonyl (C=O) groups excluding carboxylic acids is 1. The molecule has 0 atom stereocenters. The second-order valence-electron chi connectivity index (χ2n) is 3.71. The van der Waals surface area contributed by atoms with Crippen LogP contribution in [0.1, 0.15) is 41.0 Å². The molecular formula is C13H20OS. The van der Waals surface area contributed by atoms with E-state index in [-0.39, 0.29) is 5.78 Å². The van der Waals surface area contributed by atoms with Gasteiger partial charge in [0.05, 0.1) is 4.91 Å². The second-order valence-corrected chi connectivity index (χ2v) is 4.81. The molecule has 0 aliphatic heterocycles. The quantitative estimate of drug-likeness (QED) is 0.506. The molecule has 0 rings (SSSR count). The van der Waals surface area contributed by atoms with Crippen molar-refractivity contribution in [1.82, 2.24) is 0 Å². The number of thioether (sulfide) groups is 1. The van der Waals surface area contributed by atoms with Crippen LogP contribution in [0.3, 0.4) is 0 Å². The topological polar surface area (TPSA) is 17.1 Å². The maximum Gasteiger partial charge on any atom is 0.166 e. The molecule has 0 radical (unpaired) electrons. The monoisotopic (exact) mass is 224 g/mol. The third kappa shape index (κ3) is 5.03. The van der Waals surface area contributed by atoms with Crippen LogP contribution in [-0.2, 0) is 4.79 Å². The number of ketones is 1. The molecule has 0 aromatic heterocycles. The summed E-state index contributed by atoms with van der Waals surface area (Å²) >= 11 is 1.48. The molecule has 0 N–H and O–H groups in total. The van der Waals surface area contributed by atoms with Crippen molar-refractivity contribution in [1.29, 1.82) is 0 Å². The molecule has 0 heterocycles. The van der Waals surface area contributed by atoms with E-state index in [9.17, 15) is 4.79 Å². The van der Waals surface area contributed by atoms with Gasteiger partial charge in [-0.25, -0.2) is 0 Å². The minimum atomic E-state index is 0.116. The molecule has 15 heavy (non-hydrogen) atoms. The highest BCUT2D eigenvalue weighted by Gasteiger charge is 2.09. The Hall–Kier alpha value is -0.760. The van der Waals surface area contributed by atoms with Crippen molar-refractivity contribution >= 4 is 17.5 Å². The number of hydrogen-bond donors (Lipinski definition) is 0. The lowest BCUT2D eigenvalue weighted by Crippen LogP contribution is -1.95. The highest BCUT2D eigenvalue weighted by Crippen LogP contribution is 2.31. The molecule has 0 unspecified atom stereocenters. The van der Waals surface area contributed by atoms with Gasteiger partial charge in [-0.3, -0.25) is 4.79 Å². The van der Waals surface area contributed by atoms with Crippen molar-refractivity contribution in [2.45, 2.75) is 41.0 Å². The molecule has 0 aromatic carbocycles. The minimum absolute atomic E-state index is 0.116. The number of Topliss-reactive ketones (excluding diaryl/α,β-unsaturated/α-hetero) is 1. The van der Waals surface area contributed by atoms with E-state index >= 15 is 0 Å². The first-order valence-electron chi connectivity index (χ1n) is 5.12. The predicted molar refractivity (Wildman–Crippen MR) is 69.8 cm³/mol. The van der Waals surface area contributed by atoms with E-state index in [1.807, 2.05) is 20.8 Å². The van der Waals surface area contributed by atoms with Crippen molar-refractivity contribution in [3.05, 3.63) is 33.6 Å². The number of carbonyl (C=O) groups is 1. The maximum atomic E-state index is 11.4. The zero-order chi connectivity index (χ0) is 12.0. The van der Waals surface area contributed by atoms with Crippen molar-refractivity contribution in [2.75, 3.05) is 0 Å². The zero-order valence-corrected chi connectivity index (χ0v) is 11.1. The fourth-order valence-electron chi connectivity index (χ4n) is 1.15. The molecule has 0 amide bonds. The zero-order valence-electron chi connectivity index (χ0n) is 10.3. The third-order valence-electron chi connectivity index (χ3n) is 1.95. The van der Waals surface area contributed by atoms with E-state index in [0.717, 1.165) is 27.4 Å². The Morgan fingerprint density at radius 1 is 1.27 bits per heavy atom. The summed E-state index contributed by atoms with van der Waals surface area (Å²) < 4.78 is 0. The molecule has 2 heteroatoms. The van der Waals surface area contributed by atoms with Gasteiger partial charge in [-0.05, 0) is 39.7 Å². The number of rotatable bonds is 5. The van der Waals surface area contributed by atoms with Crippen LogP contribution in [0.25, 0.3) is 0 Å². The van der Waals surface area contributed by atoms with Crippen LogP contribution in [0.5, 0.6) is 0 Å². The third-order valence-corrected chi connectivity index (χ3v) is 3.42. The van der Waals surface area contributed by atoms with Gasteiger partial charge in [-0.2, -0.15) is 0 Å². The SMILES string of the molecule is C=C(SC(C(C)=O)=C(C)C)/C(C)=C\CC. The molecule has 1 nitrogen and oxygen atoms in total. The summed E-state index contributed by atoms with van der Waals surface area (Å²) in [6.45, 7) is 13.6. The smallest absolute Gasteiger partial charge is 0.166 e. The Bertz CT molecular complexity index is 317. The molecule has 0 saturated carbocycles. The Kier molecular flexibility index (Phi) is 6.34. The van der Waals surface area contributed by atoms with Crippen LogP contribution >= 0.6 is 11.8 Å². The first-order valence-corrected chi connectivity index (χ1v) is 5.94. The predicted octanol–water partition coefficient (Wildman–Crippen LogP) is 4.47. The van der Waals surface area contributed by atoms with E-state index < -0.39 is 0 Å². The fourth-order valence-corrected chi connectivity index (χ4v) is 1.99. The largest absolute Gasteiger partial charge is 0.294 e. The second kappa shape index (κ2) is 6.67. The maximum absolute atomic E-state index is 11.4. The lowest BCUT2D eigenvalue weighted by molar-refractivity contribution is -0.113. The average Bonchev–Trinajstić information content (AvgIpc) is 2.12. The van der Waals surface area contributed by atoms with Crippen molar-refractivity contribution in [3.63, 3.8) is 0 Å². The van der Waals surface area contributed by atoms with Gasteiger partial charge in [0.1, 0.15) is 0 Å². The first kappa shape index (κ1) is 14.2. The first-order chi connectivity index (χ1) is 6.90. The van der Waals surface area contributed by atoms with Crippen molar-refractivity contribution < 1.29 is 4.79 Å². The summed E-state index contributed by atoms with van der Waals surface area (Å²) in [6.07, 6.45) is 3.12.